The monoisotopic (exact) mass is 1030 g/mol. The largest absolute Gasteiger partial charge is 0.466 e. The van der Waals surface area contributed by atoms with Crippen molar-refractivity contribution < 1.29 is 106 Å². The third-order valence-electron chi connectivity index (χ3n) is 5.60. The minimum absolute atomic E-state index is 0.0764. The lowest BCUT2D eigenvalue weighted by Gasteiger charge is -1.95. The van der Waals surface area contributed by atoms with Gasteiger partial charge in [0.2, 0.25) is 0 Å². The smallest absolute Gasteiger partial charge is 0.335 e. The van der Waals surface area contributed by atoms with Gasteiger partial charge in [-0.2, -0.15) is 0 Å². The molecule has 0 saturated heterocycles. The first-order chi connectivity index (χ1) is 32.9. The molecule has 0 fully saturated rings. The topological polar surface area (TPSA) is 303 Å². The molecular weight excluding hydrogens is 953 g/mol. The van der Waals surface area contributed by atoms with Gasteiger partial charge in [0.1, 0.15) is 0 Å². The van der Waals surface area contributed by atoms with Gasteiger partial charge in [0.25, 0.3) is 0 Å². The lowest BCUT2D eigenvalue weighted by molar-refractivity contribution is -0.137. The van der Waals surface area contributed by atoms with Crippen LogP contribution in [0.1, 0.15) is 55.4 Å². The van der Waals surface area contributed by atoms with E-state index in [9.17, 15) is 47.9 Å². The van der Waals surface area contributed by atoms with Crippen LogP contribution in [0, 0.1) is 0 Å². The molecule has 0 aliphatic carbocycles. The molecular formula is C50H80O22. The Hall–Kier alpha value is -7.98. The number of rotatable bonds is 12. The van der Waals surface area contributed by atoms with E-state index < -0.39 is 11.9 Å². The Morgan fingerprint density at radius 1 is 0.236 bits per heavy atom. The predicted molar refractivity (Wildman–Crippen MR) is 271 cm³/mol. The first-order valence-electron chi connectivity index (χ1n) is 19.5. The first kappa shape index (κ1) is 87.1. The molecule has 0 rings (SSSR count). The summed E-state index contributed by atoms with van der Waals surface area (Å²) in [6, 6.07) is 0. The Labute approximate surface area is 425 Å². The van der Waals surface area contributed by atoms with Gasteiger partial charge in [-0.15, -0.1) is 0 Å². The van der Waals surface area contributed by atoms with Crippen molar-refractivity contribution in [2.45, 2.75) is 55.4 Å². The first-order valence-corrected chi connectivity index (χ1v) is 19.5. The van der Waals surface area contributed by atoms with Gasteiger partial charge < -0.3 is 57.6 Å². The van der Waals surface area contributed by atoms with Crippen molar-refractivity contribution in [1.82, 2.24) is 0 Å². The van der Waals surface area contributed by atoms with E-state index in [0.29, 0.717) is 44.6 Å². The molecule has 22 nitrogen and oxygen atoms in total. The van der Waals surface area contributed by atoms with E-state index >= 15 is 0 Å². The second kappa shape index (κ2) is 59.1. The van der Waals surface area contributed by atoms with Crippen LogP contribution in [0.3, 0.4) is 0 Å². The molecule has 72 heavy (non-hydrogen) atoms. The van der Waals surface area contributed by atoms with E-state index in [1.54, 1.807) is 55.4 Å². The highest BCUT2D eigenvalue weighted by molar-refractivity contribution is 5.90. The highest BCUT2D eigenvalue weighted by Gasteiger charge is 2.03. The number of hydrogen-bond acceptors (Lipinski definition) is 22. The lowest BCUT2D eigenvalue weighted by Crippen LogP contribution is -2.06. The summed E-state index contributed by atoms with van der Waals surface area (Å²) in [6.45, 7) is 45.4. The molecule has 2 N–H and O–H groups in total. The molecule has 0 saturated carbocycles. The fourth-order valence-corrected chi connectivity index (χ4v) is 1.81. The fourth-order valence-electron chi connectivity index (χ4n) is 1.81. The Balaban J connectivity index is -0.0000000742. The molecule has 0 aliphatic heterocycles. The maximum atomic E-state index is 10.3. The average molecular weight is 1030 g/mol. The SMILES string of the molecule is C=C(C)C(=O)OC.C=C(C)C(=O)OC.C=C(C)C(=O)OC.C=C(C)C(=O)OC.C=C(C)C(=O)OC.C=C(C)C(=O)OC.C=C(C)C(=O)OC.C=C(C)C(=O)OC.C=C(CO)C(=O)OC.C=C(CO)C(=O)OC. The molecule has 412 valence electrons. The van der Waals surface area contributed by atoms with Gasteiger partial charge in [-0.25, -0.2) is 47.9 Å². The minimum Gasteiger partial charge on any atom is -0.466 e. The quantitative estimate of drug-likeness (QED) is 0.142. The molecule has 22 heteroatoms. The summed E-state index contributed by atoms with van der Waals surface area (Å²) in [4.78, 5) is 102. The summed E-state index contributed by atoms with van der Waals surface area (Å²) < 4.78 is 42.6. The summed E-state index contributed by atoms with van der Waals surface area (Å²) in [5.74, 6) is -3.90. The van der Waals surface area contributed by atoms with E-state index in [2.05, 4.69) is 113 Å². The van der Waals surface area contributed by atoms with Crippen LogP contribution in [0.25, 0.3) is 0 Å². The second-order valence-corrected chi connectivity index (χ2v) is 12.7. The summed E-state index contributed by atoms with van der Waals surface area (Å²) in [5.41, 5.74) is 3.62. The van der Waals surface area contributed by atoms with Gasteiger partial charge in [0, 0.05) is 44.6 Å². The fraction of sp³-hybridized carbons (Fsp3) is 0.400. The number of ether oxygens (including phenoxy) is 10. The van der Waals surface area contributed by atoms with Crippen LogP contribution in [-0.4, -0.2) is 154 Å². The Bertz CT molecular complexity index is 1480. The van der Waals surface area contributed by atoms with E-state index in [4.69, 9.17) is 10.2 Å². The summed E-state index contributed by atoms with van der Waals surface area (Å²) >= 11 is 0. The van der Waals surface area contributed by atoms with Gasteiger partial charge in [0.05, 0.1) is 95.5 Å². The van der Waals surface area contributed by atoms with E-state index in [1.807, 2.05) is 0 Å². The summed E-state index contributed by atoms with van der Waals surface area (Å²) in [6.07, 6.45) is 0. The molecule has 0 aromatic carbocycles. The van der Waals surface area contributed by atoms with E-state index in [1.165, 1.54) is 71.1 Å². The second-order valence-electron chi connectivity index (χ2n) is 12.7. The van der Waals surface area contributed by atoms with Crippen molar-refractivity contribution in [2.24, 2.45) is 0 Å². The third kappa shape index (κ3) is 73.6. The van der Waals surface area contributed by atoms with Crippen molar-refractivity contribution in [1.29, 1.82) is 0 Å². The normalized spacial score (nSPS) is 7.83. The molecule has 0 aliphatic rings. The van der Waals surface area contributed by atoms with Crippen molar-refractivity contribution in [3.05, 3.63) is 122 Å². The summed E-state index contributed by atoms with van der Waals surface area (Å²) in [7, 11) is 13.1. The zero-order valence-electron chi connectivity index (χ0n) is 45.5. The van der Waals surface area contributed by atoms with Gasteiger partial charge in [0.15, 0.2) is 0 Å². The van der Waals surface area contributed by atoms with Crippen molar-refractivity contribution in [3.63, 3.8) is 0 Å². The van der Waals surface area contributed by atoms with Crippen LogP contribution in [0.5, 0.6) is 0 Å². The summed E-state index contributed by atoms with van der Waals surface area (Å²) in [5, 5.41) is 16.5. The molecule has 0 spiro atoms. The zero-order valence-corrected chi connectivity index (χ0v) is 45.5. The molecule has 0 bridgehead atoms. The van der Waals surface area contributed by atoms with Crippen molar-refractivity contribution >= 4 is 59.7 Å². The highest BCUT2D eigenvalue weighted by Crippen LogP contribution is 1.92. The minimum atomic E-state index is -0.563. The van der Waals surface area contributed by atoms with Crippen LogP contribution in [0.2, 0.25) is 0 Å². The maximum Gasteiger partial charge on any atom is 0.335 e. The molecule has 0 radical (unpaired) electrons. The number of methoxy groups -OCH3 is 10. The van der Waals surface area contributed by atoms with Crippen LogP contribution in [0.15, 0.2) is 122 Å². The molecule has 0 unspecified atom stereocenters. The Morgan fingerprint density at radius 3 is 0.333 bits per heavy atom. The average Bonchev–Trinajstić information content (AvgIpc) is 3.36. The number of carbonyl (C=O) groups is 10. The Morgan fingerprint density at radius 2 is 0.319 bits per heavy atom. The van der Waals surface area contributed by atoms with Crippen LogP contribution in [0.4, 0.5) is 0 Å². The number of carbonyl (C=O) groups excluding carboxylic acids is 10. The molecule has 0 heterocycles. The number of esters is 10. The number of aliphatic hydroxyl groups is 2. The van der Waals surface area contributed by atoms with Crippen LogP contribution < -0.4 is 0 Å². The maximum absolute atomic E-state index is 10.3. The van der Waals surface area contributed by atoms with Gasteiger partial charge in [-0.3, -0.25) is 0 Å². The lowest BCUT2D eigenvalue weighted by atomic mass is 10.3. The van der Waals surface area contributed by atoms with Gasteiger partial charge in [-0.05, 0) is 55.4 Å². The van der Waals surface area contributed by atoms with Crippen LogP contribution in [-0.2, 0) is 95.3 Å². The number of hydrogen-bond donors (Lipinski definition) is 2. The molecule has 0 aromatic rings. The zero-order chi connectivity index (χ0) is 60.0. The van der Waals surface area contributed by atoms with Crippen molar-refractivity contribution in [2.75, 3.05) is 84.3 Å². The molecule has 0 amide bonds. The molecule has 0 aromatic heterocycles. The molecule has 0 atom stereocenters. The van der Waals surface area contributed by atoms with E-state index in [0.717, 1.165) is 0 Å². The predicted octanol–water partition coefficient (Wildman–Crippen LogP) is 5.30. The number of aliphatic hydroxyl groups excluding tert-OH is 2. The van der Waals surface area contributed by atoms with Crippen LogP contribution >= 0.6 is 0 Å². The Kier molecular flexibility index (Phi) is 71.6. The standard InChI is InChI=1S/2C5H8O3.8C5H8O2/c2*1-4(3-6)5(7)8-2;8*1-4(2)5(6)7-3/h2*6H,1,3H2,2H3;8*1H2,2-3H3. The van der Waals surface area contributed by atoms with Crippen molar-refractivity contribution in [3.8, 4) is 0 Å². The third-order valence-corrected chi connectivity index (χ3v) is 5.60. The highest BCUT2D eigenvalue weighted by atomic mass is 16.6. The van der Waals surface area contributed by atoms with Gasteiger partial charge in [-0.1, -0.05) is 65.8 Å². The van der Waals surface area contributed by atoms with E-state index in [-0.39, 0.29) is 72.1 Å². The van der Waals surface area contributed by atoms with Gasteiger partial charge >= 0.3 is 59.7 Å².